The molecule has 2 nitrogen and oxygen atoms in total. The molecule has 16 heavy (non-hydrogen) atoms. The molecule has 2 heterocycles. The van der Waals surface area contributed by atoms with Gasteiger partial charge >= 0.3 is 0 Å². The molecule has 1 aliphatic heterocycles. The van der Waals surface area contributed by atoms with Crippen molar-refractivity contribution in [1.29, 1.82) is 0 Å². The molecule has 1 aromatic heterocycles. The Bertz CT molecular complexity index is 377. The van der Waals surface area contributed by atoms with Gasteiger partial charge in [-0.25, -0.2) is 0 Å². The van der Waals surface area contributed by atoms with Gasteiger partial charge in [0.1, 0.15) is 0 Å². The van der Waals surface area contributed by atoms with Crippen molar-refractivity contribution in [2.45, 2.75) is 26.2 Å². The summed E-state index contributed by atoms with van der Waals surface area (Å²) in [7, 11) is 0. The van der Waals surface area contributed by atoms with Crippen LogP contribution < -0.4 is 0 Å². The monoisotopic (exact) mass is 301 g/mol. The summed E-state index contributed by atoms with van der Waals surface area (Å²) in [6.07, 6.45) is 3.52. The minimum atomic E-state index is 0.191. The summed E-state index contributed by atoms with van der Waals surface area (Å²) in [5.41, 5.74) is 0.825. The quantitative estimate of drug-likeness (QED) is 0.773. The number of amides is 1. The third-order valence-corrected chi connectivity index (χ3v) is 4.62. The average molecular weight is 302 g/mol. The van der Waals surface area contributed by atoms with Crippen LogP contribution in [0.1, 0.15) is 36.5 Å². The summed E-state index contributed by atoms with van der Waals surface area (Å²) >= 11 is 4.97. The van der Waals surface area contributed by atoms with Crippen molar-refractivity contribution >= 4 is 33.2 Å². The minimum Gasteiger partial charge on any atom is -0.339 e. The van der Waals surface area contributed by atoms with Crippen LogP contribution in [-0.4, -0.2) is 23.9 Å². The molecule has 0 spiro atoms. The molecular formula is C12H16BrNOS. The summed E-state index contributed by atoms with van der Waals surface area (Å²) in [6.45, 7) is 4.10. The Morgan fingerprint density at radius 1 is 1.50 bits per heavy atom. The van der Waals surface area contributed by atoms with Gasteiger partial charge in [0, 0.05) is 18.5 Å². The van der Waals surface area contributed by atoms with Crippen LogP contribution >= 0.6 is 27.3 Å². The topological polar surface area (TPSA) is 20.3 Å². The van der Waals surface area contributed by atoms with Crippen molar-refractivity contribution in [3.63, 3.8) is 0 Å². The molecule has 0 saturated carbocycles. The second-order valence-electron chi connectivity index (χ2n) is 4.47. The number of carbonyl (C=O) groups is 1. The zero-order valence-electron chi connectivity index (χ0n) is 9.41. The van der Waals surface area contributed by atoms with Crippen molar-refractivity contribution in [2.75, 3.05) is 13.1 Å². The van der Waals surface area contributed by atoms with Gasteiger partial charge in [0.05, 0.1) is 9.35 Å². The summed E-state index contributed by atoms with van der Waals surface area (Å²) in [5.74, 6) is 0.947. The SMILES string of the molecule is CC1CCCN(C(=O)c2csc(Br)c2)CC1. The van der Waals surface area contributed by atoms with E-state index in [0.29, 0.717) is 0 Å². The molecule has 0 bridgehead atoms. The zero-order chi connectivity index (χ0) is 11.5. The first kappa shape index (κ1) is 12.1. The van der Waals surface area contributed by atoms with Gasteiger partial charge in [0.15, 0.2) is 0 Å². The van der Waals surface area contributed by atoms with E-state index in [1.54, 1.807) is 11.3 Å². The zero-order valence-corrected chi connectivity index (χ0v) is 11.8. The Labute approximate surface area is 109 Å². The van der Waals surface area contributed by atoms with Crippen LogP contribution in [0, 0.1) is 5.92 Å². The van der Waals surface area contributed by atoms with Gasteiger partial charge in [0.25, 0.3) is 5.91 Å². The molecule has 1 atom stereocenters. The van der Waals surface area contributed by atoms with Crippen LogP contribution in [0.3, 0.4) is 0 Å². The van der Waals surface area contributed by atoms with Crippen LogP contribution in [0.4, 0.5) is 0 Å². The van der Waals surface area contributed by atoms with Gasteiger partial charge < -0.3 is 4.90 Å². The summed E-state index contributed by atoms with van der Waals surface area (Å²) in [5, 5.41) is 1.93. The fraction of sp³-hybridized carbons (Fsp3) is 0.583. The number of hydrogen-bond donors (Lipinski definition) is 0. The maximum Gasteiger partial charge on any atom is 0.254 e. The molecule has 4 heteroatoms. The molecule has 1 saturated heterocycles. The number of likely N-dealkylation sites (tertiary alicyclic amines) is 1. The number of hydrogen-bond acceptors (Lipinski definition) is 2. The summed E-state index contributed by atoms with van der Waals surface area (Å²) in [6, 6.07) is 1.92. The van der Waals surface area contributed by atoms with Crippen LogP contribution in [0.5, 0.6) is 0 Å². The molecule has 1 amide bonds. The van der Waals surface area contributed by atoms with E-state index in [1.165, 1.54) is 6.42 Å². The van der Waals surface area contributed by atoms with Crippen molar-refractivity contribution in [3.8, 4) is 0 Å². The predicted molar refractivity (Wildman–Crippen MR) is 70.9 cm³/mol. The van der Waals surface area contributed by atoms with Gasteiger partial charge in [-0.15, -0.1) is 11.3 Å². The van der Waals surface area contributed by atoms with Crippen molar-refractivity contribution in [3.05, 3.63) is 20.8 Å². The molecule has 1 aliphatic rings. The summed E-state index contributed by atoms with van der Waals surface area (Å²) < 4.78 is 1.03. The Morgan fingerprint density at radius 2 is 2.31 bits per heavy atom. The van der Waals surface area contributed by atoms with Crippen molar-refractivity contribution in [1.82, 2.24) is 4.90 Å². The Kier molecular flexibility index (Phi) is 4.03. The minimum absolute atomic E-state index is 0.191. The van der Waals surface area contributed by atoms with E-state index < -0.39 is 0 Å². The van der Waals surface area contributed by atoms with Crippen LogP contribution in [-0.2, 0) is 0 Å². The summed E-state index contributed by atoms with van der Waals surface area (Å²) in [4.78, 5) is 14.2. The second-order valence-corrected chi connectivity index (χ2v) is 6.76. The van der Waals surface area contributed by atoms with Gasteiger partial charge in [-0.3, -0.25) is 4.79 Å². The highest BCUT2D eigenvalue weighted by Gasteiger charge is 2.20. The molecule has 2 rings (SSSR count). The Morgan fingerprint density at radius 3 is 3.00 bits per heavy atom. The first-order valence-electron chi connectivity index (χ1n) is 5.70. The Hall–Kier alpha value is -0.350. The third kappa shape index (κ3) is 2.86. The van der Waals surface area contributed by atoms with Crippen LogP contribution in [0.25, 0.3) is 0 Å². The molecule has 1 unspecified atom stereocenters. The number of nitrogens with zero attached hydrogens (tertiary/aromatic N) is 1. The highest BCUT2D eigenvalue weighted by atomic mass is 79.9. The molecule has 1 aromatic rings. The maximum atomic E-state index is 12.2. The molecule has 0 N–H and O–H groups in total. The third-order valence-electron chi connectivity index (χ3n) is 3.12. The first-order valence-corrected chi connectivity index (χ1v) is 7.37. The van der Waals surface area contributed by atoms with Gasteiger partial charge in [-0.1, -0.05) is 6.92 Å². The number of carbonyl (C=O) groups excluding carboxylic acids is 1. The molecule has 0 radical (unpaired) electrons. The smallest absolute Gasteiger partial charge is 0.254 e. The molecule has 0 aliphatic carbocycles. The normalized spacial score (nSPS) is 21.9. The fourth-order valence-electron chi connectivity index (χ4n) is 2.07. The van der Waals surface area contributed by atoms with E-state index in [9.17, 15) is 4.79 Å². The second kappa shape index (κ2) is 5.32. The van der Waals surface area contributed by atoms with Crippen molar-refractivity contribution in [2.24, 2.45) is 5.92 Å². The lowest BCUT2D eigenvalue weighted by molar-refractivity contribution is 0.0761. The van der Waals surface area contributed by atoms with E-state index in [2.05, 4.69) is 22.9 Å². The average Bonchev–Trinajstić information content (AvgIpc) is 2.57. The number of halogens is 1. The molecule has 1 fully saturated rings. The van der Waals surface area contributed by atoms with E-state index in [4.69, 9.17) is 0 Å². The van der Waals surface area contributed by atoms with E-state index in [-0.39, 0.29) is 5.91 Å². The number of thiophene rings is 1. The Balaban J connectivity index is 2.04. The highest BCUT2D eigenvalue weighted by Crippen LogP contribution is 2.23. The van der Waals surface area contributed by atoms with E-state index in [1.807, 2.05) is 16.3 Å². The molecule has 88 valence electrons. The highest BCUT2D eigenvalue weighted by molar-refractivity contribution is 9.11. The fourth-order valence-corrected chi connectivity index (χ4v) is 3.20. The number of rotatable bonds is 1. The molecule has 0 aromatic carbocycles. The van der Waals surface area contributed by atoms with Crippen LogP contribution in [0.15, 0.2) is 15.2 Å². The maximum absolute atomic E-state index is 12.2. The lowest BCUT2D eigenvalue weighted by Crippen LogP contribution is -2.31. The van der Waals surface area contributed by atoms with Gasteiger partial charge in [-0.2, -0.15) is 0 Å². The van der Waals surface area contributed by atoms with Gasteiger partial charge in [0.2, 0.25) is 0 Å². The lowest BCUT2D eigenvalue weighted by atomic mass is 10.0. The molecular weight excluding hydrogens is 286 g/mol. The van der Waals surface area contributed by atoms with E-state index >= 15 is 0 Å². The first-order chi connectivity index (χ1) is 7.66. The van der Waals surface area contributed by atoms with Crippen LogP contribution in [0.2, 0.25) is 0 Å². The standard InChI is InChI=1S/C12H16BrNOS/c1-9-3-2-5-14(6-4-9)12(15)10-7-11(13)16-8-10/h7-9H,2-6H2,1H3. The lowest BCUT2D eigenvalue weighted by Gasteiger charge is -2.19. The largest absolute Gasteiger partial charge is 0.339 e. The predicted octanol–water partition coefficient (Wildman–Crippen LogP) is 3.77. The van der Waals surface area contributed by atoms with Crippen molar-refractivity contribution < 1.29 is 4.79 Å². The van der Waals surface area contributed by atoms with Gasteiger partial charge in [-0.05, 0) is 47.2 Å². The van der Waals surface area contributed by atoms with E-state index in [0.717, 1.165) is 41.2 Å².